The molecule has 4 aromatic rings. The summed E-state index contributed by atoms with van der Waals surface area (Å²) in [6, 6.07) is 20.8. The van der Waals surface area contributed by atoms with Crippen LogP contribution in [0.25, 0.3) is 17.0 Å². The topological polar surface area (TPSA) is 80.5 Å². The average molecular weight is 499 g/mol. The Hall–Kier alpha value is -4.46. The molecule has 1 aromatic heterocycles. The summed E-state index contributed by atoms with van der Waals surface area (Å²) in [6.45, 7) is 6.36. The Morgan fingerprint density at radius 2 is 1.76 bits per heavy atom. The lowest BCUT2D eigenvalue weighted by Crippen LogP contribution is -2.45. The predicted octanol–water partition coefficient (Wildman–Crippen LogP) is 6.28. The Labute approximate surface area is 214 Å². The van der Waals surface area contributed by atoms with Gasteiger partial charge in [-0.25, -0.2) is 9.18 Å². The number of aryl methyl sites for hydroxylation is 1. The molecule has 0 saturated heterocycles. The van der Waals surface area contributed by atoms with E-state index >= 15 is 0 Å². The fourth-order valence-electron chi connectivity index (χ4n) is 4.37. The lowest BCUT2D eigenvalue weighted by atomic mass is 9.94. The van der Waals surface area contributed by atoms with Crippen molar-refractivity contribution in [1.82, 2.24) is 20.4 Å². The molecule has 0 aliphatic carbocycles. The molecule has 1 aliphatic heterocycles. The van der Waals surface area contributed by atoms with Crippen LogP contribution >= 0.6 is 0 Å². The van der Waals surface area contributed by atoms with Gasteiger partial charge in [0.05, 0.1) is 24.8 Å². The number of halogens is 1. The van der Waals surface area contributed by atoms with Gasteiger partial charge in [-0.3, -0.25) is 4.90 Å². The largest absolute Gasteiger partial charge is 0.494 e. The van der Waals surface area contributed by atoms with Crippen molar-refractivity contribution >= 4 is 11.6 Å². The number of nitrogens with one attached hydrogen (secondary N) is 1. The molecule has 8 heteroatoms. The molecule has 2 heterocycles. The second-order valence-corrected chi connectivity index (χ2v) is 8.85. The van der Waals surface area contributed by atoms with Crippen molar-refractivity contribution in [1.29, 1.82) is 0 Å². The van der Waals surface area contributed by atoms with Crippen LogP contribution in [0.2, 0.25) is 0 Å². The summed E-state index contributed by atoms with van der Waals surface area (Å²) >= 11 is 0. The normalized spacial score (nSPS) is 15.6. The van der Waals surface area contributed by atoms with Crippen LogP contribution in [-0.2, 0) is 6.54 Å². The summed E-state index contributed by atoms with van der Waals surface area (Å²) in [5, 5.41) is 7.25. The molecule has 2 amide bonds. The molecule has 5 rings (SSSR count). The maximum atomic E-state index is 14.5. The fourth-order valence-corrected chi connectivity index (χ4v) is 4.37. The molecule has 37 heavy (non-hydrogen) atoms. The second-order valence-electron chi connectivity index (χ2n) is 8.85. The van der Waals surface area contributed by atoms with E-state index < -0.39 is 6.04 Å². The lowest BCUT2D eigenvalue weighted by Gasteiger charge is -2.35. The van der Waals surface area contributed by atoms with E-state index in [4.69, 9.17) is 9.26 Å². The Bertz CT molecular complexity index is 1440. The molecule has 0 saturated carbocycles. The van der Waals surface area contributed by atoms with Crippen molar-refractivity contribution < 1.29 is 18.4 Å². The van der Waals surface area contributed by atoms with Crippen molar-refractivity contribution in [3.63, 3.8) is 0 Å². The standard InChI is InChI=1S/C29H27FN4O3/c1-4-36-23-15-13-20(14-16-23)26-25(28-32-27(33-37-28)21-11-9-18(2)10-12-21)19(3)34(29(35)31-26)17-22-7-5-6-8-24(22)30/h5-16,26H,4,17H2,1-3H3,(H,31,35). The van der Waals surface area contributed by atoms with Gasteiger partial charge in [-0.15, -0.1) is 0 Å². The fraction of sp³-hybridized carbons (Fsp3) is 0.207. The van der Waals surface area contributed by atoms with Gasteiger partial charge in [-0.05, 0) is 44.5 Å². The third-order valence-corrected chi connectivity index (χ3v) is 6.37. The Morgan fingerprint density at radius 3 is 2.46 bits per heavy atom. The lowest BCUT2D eigenvalue weighted by molar-refractivity contribution is 0.202. The maximum Gasteiger partial charge on any atom is 0.322 e. The number of ether oxygens (including phenoxy) is 1. The Balaban J connectivity index is 1.58. The van der Waals surface area contributed by atoms with Gasteiger partial charge in [-0.2, -0.15) is 4.98 Å². The van der Waals surface area contributed by atoms with E-state index in [2.05, 4.69) is 15.5 Å². The summed E-state index contributed by atoms with van der Waals surface area (Å²) in [5.41, 5.74) is 4.42. The number of hydrogen-bond acceptors (Lipinski definition) is 5. The number of rotatable bonds is 7. The van der Waals surface area contributed by atoms with Crippen LogP contribution in [0, 0.1) is 12.7 Å². The summed E-state index contributed by atoms with van der Waals surface area (Å²) in [7, 11) is 0. The summed E-state index contributed by atoms with van der Waals surface area (Å²) in [6.07, 6.45) is 0. The minimum absolute atomic E-state index is 0.0583. The highest BCUT2D eigenvalue weighted by Gasteiger charge is 2.36. The predicted molar refractivity (Wildman–Crippen MR) is 138 cm³/mol. The number of urea groups is 1. The second kappa shape index (κ2) is 10.3. The molecule has 1 atom stereocenters. The molecule has 0 spiro atoms. The van der Waals surface area contributed by atoms with Gasteiger partial charge in [0, 0.05) is 16.8 Å². The van der Waals surface area contributed by atoms with Gasteiger partial charge < -0.3 is 14.6 Å². The van der Waals surface area contributed by atoms with Gasteiger partial charge in [0.15, 0.2) is 0 Å². The van der Waals surface area contributed by atoms with Crippen LogP contribution in [0.15, 0.2) is 83.0 Å². The Morgan fingerprint density at radius 1 is 1.03 bits per heavy atom. The molecule has 0 fully saturated rings. The number of amides is 2. The molecule has 1 N–H and O–H groups in total. The molecular weight excluding hydrogens is 471 g/mol. The molecule has 1 unspecified atom stereocenters. The van der Waals surface area contributed by atoms with Crippen molar-refractivity contribution in [2.45, 2.75) is 33.4 Å². The van der Waals surface area contributed by atoms with Crippen LogP contribution in [-0.4, -0.2) is 27.7 Å². The molecule has 0 radical (unpaired) electrons. The minimum Gasteiger partial charge on any atom is -0.494 e. The number of carbonyl (C=O) groups is 1. The summed E-state index contributed by atoms with van der Waals surface area (Å²) in [5.74, 6) is 1.08. The van der Waals surface area contributed by atoms with Crippen molar-refractivity contribution in [3.05, 3.63) is 107 Å². The summed E-state index contributed by atoms with van der Waals surface area (Å²) in [4.78, 5) is 19.4. The van der Waals surface area contributed by atoms with Crippen LogP contribution in [0.1, 0.15) is 42.5 Å². The zero-order chi connectivity index (χ0) is 25.9. The molecular formula is C29H27FN4O3. The van der Waals surface area contributed by atoms with E-state index in [-0.39, 0.29) is 24.3 Å². The van der Waals surface area contributed by atoms with Crippen molar-refractivity contribution in [2.24, 2.45) is 0 Å². The minimum atomic E-state index is -0.550. The van der Waals surface area contributed by atoms with E-state index in [1.807, 2.05) is 69.3 Å². The quantitative estimate of drug-likeness (QED) is 0.324. The van der Waals surface area contributed by atoms with Crippen LogP contribution in [0.3, 0.4) is 0 Å². The van der Waals surface area contributed by atoms with Crippen LogP contribution in [0.4, 0.5) is 9.18 Å². The smallest absolute Gasteiger partial charge is 0.322 e. The average Bonchev–Trinajstić information content (AvgIpc) is 3.38. The number of nitrogens with zero attached hydrogens (tertiary/aromatic N) is 3. The van der Waals surface area contributed by atoms with E-state index in [1.165, 1.54) is 11.0 Å². The molecule has 7 nitrogen and oxygen atoms in total. The van der Waals surface area contributed by atoms with Crippen molar-refractivity contribution in [2.75, 3.05) is 6.61 Å². The first kappa shape index (κ1) is 24.2. The first-order valence-corrected chi connectivity index (χ1v) is 12.1. The number of carbonyl (C=O) groups excluding carboxylic acids is 1. The molecule has 1 aliphatic rings. The van der Waals surface area contributed by atoms with E-state index in [0.29, 0.717) is 29.3 Å². The number of benzene rings is 3. The first-order chi connectivity index (χ1) is 17.9. The molecule has 188 valence electrons. The van der Waals surface area contributed by atoms with Gasteiger partial charge >= 0.3 is 6.03 Å². The van der Waals surface area contributed by atoms with Gasteiger partial charge in [0.2, 0.25) is 5.82 Å². The van der Waals surface area contributed by atoms with Gasteiger partial charge in [0.25, 0.3) is 5.89 Å². The summed E-state index contributed by atoms with van der Waals surface area (Å²) < 4.78 is 25.8. The van der Waals surface area contributed by atoms with Gasteiger partial charge in [-0.1, -0.05) is 65.3 Å². The van der Waals surface area contributed by atoms with Crippen LogP contribution < -0.4 is 10.1 Å². The zero-order valence-corrected chi connectivity index (χ0v) is 20.9. The highest BCUT2D eigenvalue weighted by atomic mass is 19.1. The first-order valence-electron chi connectivity index (χ1n) is 12.1. The van der Waals surface area contributed by atoms with Crippen molar-refractivity contribution in [3.8, 4) is 17.1 Å². The third-order valence-electron chi connectivity index (χ3n) is 6.37. The highest BCUT2D eigenvalue weighted by molar-refractivity contribution is 5.87. The number of aromatic nitrogens is 2. The third kappa shape index (κ3) is 4.95. The molecule has 3 aromatic carbocycles. The number of hydrogen-bond donors (Lipinski definition) is 1. The van der Waals surface area contributed by atoms with E-state index in [0.717, 1.165) is 22.4 Å². The van der Waals surface area contributed by atoms with Crippen LogP contribution in [0.5, 0.6) is 5.75 Å². The molecule has 0 bridgehead atoms. The Kier molecular flexibility index (Phi) is 6.72. The highest BCUT2D eigenvalue weighted by Crippen LogP contribution is 2.38. The zero-order valence-electron chi connectivity index (χ0n) is 20.9. The maximum absolute atomic E-state index is 14.5. The van der Waals surface area contributed by atoms with E-state index in [1.54, 1.807) is 18.2 Å². The number of allylic oxidation sites excluding steroid dienone is 1. The van der Waals surface area contributed by atoms with Gasteiger partial charge in [0.1, 0.15) is 11.6 Å². The van der Waals surface area contributed by atoms with E-state index in [9.17, 15) is 9.18 Å². The SMILES string of the molecule is CCOc1ccc(C2NC(=O)N(Cc3ccccc3F)C(C)=C2c2nc(-c3ccc(C)cc3)no2)cc1. The monoisotopic (exact) mass is 498 g/mol.